The van der Waals surface area contributed by atoms with Crippen LogP contribution in [0.1, 0.15) is 33.1 Å². The number of carbonyl (C=O) groups excluding carboxylic acids is 1. The molecule has 1 rings (SSSR count). The third kappa shape index (κ3) is 4.61. The summed E-state index contributed by atoms with van der Waals surface area (Å²) in [5.41, 5.74) is 0. The van der Waals surface area contributed by atoms with Crippen molar-refractivity contribution in [3.63, 3.8) is 0 Å². The van der Waals surface area contributed by atoms with Crippen LogP contribution in [0.15, 0.2) is 0 Å². The summed E-state index contributed by atoms with van der Waals surface area (Å²) in [4.78, 5) is 22.3. The van der Waals surface area contributed by atoms with Gasteiger partial charge in [-0.15, -0.1) is 0 Å². The Morgan fingerprint density at radius 1 is 1.44 bits per heavy atom. The highest BCUT2D eigenvalue weighted by molar-refractivity contribution is 5.84. The van der Waals surface area contributed by atoms with Crippen molar-refractivity contribution in [1.82, 2.24) is 5.32 Å². The lowest BCUT2D eigenvalue weighted by Gasteiger charge is -2.14. The predicted molar refractivity (Wildman–Crippen MR) is 58.0 cm³/mol. The topological polar surface area (TPSA) is 75.6 Å². The van der Waals surface area contributed by atoms with Crippen molar-refractivity contribution in [2.45, 2.75) is 45.3 Å². The average molecular weight is 229 g/mol. The molecule has 0 aliphatic heterocycles. The van der Waals surface area contributed by atoms with Crippen molar-refractivity contribution in [1.29, 1.82) is 0 Å². The Hall–Kier alpha value is -1.10. The Labute approximate surface area is 95.2 Å². The maximum Gasteiger partial charge on any atom is 0.326 e. The number of amides is 1. The zero-order chi connectivity index (χ0) is 12.1. The van der Waals surface area contributed by atoms with Gasteiger partial charge in [0.15, 0.2) is 0 Å². The molecule has 0 aromatic carbocycles. The fraction of sp³-hybridized carbons (Fsp3) is 0.818. The molecule has 1 atom stereocenters. The van der Waals surface area contributed by atoms with E-state index in [9.17, 15) is 9.59 Å². The second-order valence-corrected chi connectivity index (χ2v) is 4.39. The molecule has 0 radical (unpaired) electrons. The Morgan fingerprint density at radius 3 is 2.50 bits per heavy atom. The molecule has 1 saturated carbocycles. The number of ether oxygens (including phenoxy) is 1. The molecule has 1 unspecified atom stereocenters. The van der Waals surface area contributed by atoms with Crippen LogP contribution < -0.4 is 5.32 Å². The summed E-state index contributed by atoms with van der Waals surface area (Å²) < 4.78 is 5.22. The van der Waals surface area contributed by atoms with Crippen molar-refractivity contribution in [2.24, 2.45) is 5.92 Å². The molecule has 1 aliphatic rings. The molecule has 5 nitrogen and oxygen atoms in total. The van der Waals surface area contributed by atoms with Gasteiger partial charge in [-0.05, 0) is 32.6 Å². The van der Waals surface area contributed by atoms with Gasteiger partial charge in [0.2, 0.25) is 5.91 Å². The first-order valence-electron chi connectivity index (χ1n) is 5.64. The van der Waals surface area contributed by atoms with Crippen molar-refractivity contribution < 1.29 is 19.4 Å². The van der Waals surface area contributed by atoms with Crippen LogP contribution in [0.2, 0.25) is 0 Å². The normalized spacial score (nSPS) is 17.2. The zero-order valence-electron chi connectivity index (χ0n) is 9.73. The Kier molecular flexibility index (Phi) is 4.73. The number of carbonyl (C=O) groups is 2. The van der Waals surface area contributed by atoms with E-state index in [0.717, 1.165) is 12.8 Å². The van der Waals surface area contributed by atoms with Gasteiger partial charge < -0.3 is 15.2 Å². The fourth-order valence-electron chi connectivity index (χ4n) is 1.44. The van der Waals surface area contributed by atoms with Crippen molar-refractivity contribution in [2.75, 3.05) is 6.61 Å². The monoisotopic (exact) mass is 229 g/mol. The van der Waals surface area contributed by atoms with Gasteiger partial charge >= 0.3 is 5.97 Å². The molecule has 2 N–H and O–H groups in total. The Balaban J connectivity index is 2.23. The van der Waals surface area contributed by atoms with Gasteiger partial charge in [-0.25, -0.2) is 4.79 Å². The summed E-state index contributed by atoms with van der Waals surface area (Å²) in [6.07, 6.45) is 2.08. The predicted octanol–water partition coefficient (Wildman–Crippen LogP) is 0.781. The lowest BCUT2D eigenvalue weighted by atomic mass is 10.2. The smallest absolute Gasteiger partial charge is 0.326 e. The highest BCUT2D eigenvalue weighted by Crippen LogP contribution is 2.32. The third-order valence-electron chi connectivity index (χ3n) is 2.46. The van der Waals surface area contributed by atoms with E-state index in [-0.39, 0.29) is 24.3 Å². The molecule has 0 spiro atoms. The number of hydrogen-bond acceptors (Lipinski definition) is 3. The van der Waals surface area contributed by atoms with Crippen LogP contribution in [0.25, 0.3) is 0 Å². The maximum atomic E-state index is 11.4. The number of carboxylic acids is 1. The summed E-state index contributed by atoms with van der Waals surface area (Å²) in [6.45, 7) is 4.12. The molecular formula is C11H19NO4. The number of nitrogens with one attached hydrogen (secondary N) is 1. The van der Waals surface area contributed by atoms with Crippen molar-refractivity contribution in [3.05, 3.63) is 0 Å². The van der Waals surface area contributed by atoms with Gasteiger partial charge in [0.25, 0.3) is 0 Å². The zero-order valence-corrected chi connectivity index (χ0v) is 9.73. The van der Waals surface area contributed by atoms with E-state index in [1.165, 1.54) is 0 Å². The number of carboxylic acid groups (broad SMARTS) is 1. The molecule has 0 bridgehead atoms. The van der Waals surface area contributed by atoms with Crippen LogP contribution in [-0.2, 0) is 14.3 Å². The number of aliphatic carboxylic acids is 1. The van der Waals surface area contributed by atoms with Gasteiger partial charge in [-0.2, -0.15) is 0 Å². The van der Waals surface area contributed by atoms with E-state index in [0.29, 0.717) is 6.61 Å². The third-order valence-corrected chi connectivity index (χ3v) is 2.46. The first-order chi connectivity index (χ1) is 7.50. The van der Waals surface area contributed by atoms with Gasteiger partial charge in [0, 0.05) is 6.42 Å². The molecular weight excluding hydrogens is 210 g/mol. The molecule has 1 fully saturated rings. The van der Waals surface area contributed by atoms with E-state index in [2.05, 4.69) is 5.32 Å². The summed E-state index contributed by atoms with van der Waals surface area (Å²) in [7, 11) is 0. The lowest BCUT2D eigenvalue weighted by Crippen LogP contribution is -2.42. The van der Waals surface area contributed by atoms with Crippen molar-refractivity contribution >= 4 is 11.9 Å². The van der Waals surface area contributed by atoms with Gasteiger partial charge in [-0.1, -0.05) is 0 Å². The van der Waals surface area contributed by atoms with E-state index < -0.39 is 12.0 Å². The largest absolute Gasteiger partial charge is 0.480 e. The van der Waals surface area contributed by atoms with Crippen LogP contribution in [0.4, 0.5) is 0 Å². The van der Waals surface area contributed by atoms with Crippen LogP contribution in [0.3, 0.4) is 0 Å². The van der Waals surface area contributed by atoms with E-state index in [4.69, 9.17) is 9.84 Å². The Bertz CT molecular complexity index is 261. The van der Waals surface area contributed by atoms with Gasteiger partial charge in [0.05, 0.1) is 12.7 Å². The summed E-state index contributed by atoms with van der Waals surface area (Å²) >= 11 is 0. The molecule has 0 aromatic heterocycles. The number of hydrogen-bond donors (Lipinski definition) is 2. The van der Waals surface area contributed by atoms with Crippen LogP contribution in [-0.4, -0.2) is 35.7 Å². The minimum Gasteiger partial charge on any atom is -0.480 e. The fourth-order valence-corrected chi connectivity index (χ4v) is 1.44. The summed E-state index contributed by atoms with van der Waals surface area (Å²) in [6, 6.07) is -0.716. The molecule has 16 heavy (non-hydrogen) atoms. The summed E-state index contributed by atoms with van der Waals surface area (Å²) in [5, 5.41) is 11.4. The molecule has 1 amide bonds. The average Bonchev–Trinajstić information content (AvgIpc) is 2.96. The van der Waals surface area contributed by atoms with Gasteiger partial charge in [0.1, 0.15) is 6.04 Å². The standard InChI is InChI=1S/C11H19NO4/c1-7(2)16-6-5-9(13)12-10(11(14)15)8-3-4-8/h7-8,10H,3-6H2,1-2H3,(H,12,13)(H,14,15). The molecule has 5 heteroatoms. The molecule has 0 saturated heterocycles. The van der Waals surface area contributed by atoms with Crippen LogP contribution in [0, 0.1) is 5.92 Å². The summed E-state index contributed by atoms with van der Waals surface area (Å²) in [5.74, 6) is -1.08. The number of rotatable bonds is 7. The van der Waals surface area contributed by atoms with Crippen molar-refractivity contribution in [3.8, 4) is 0 Å². The second-order valence-electron chi connectivity index (χ2n) is 4.39. The maximum absolute atomic E-state index is 11.4. The quantitative estimate of drug-likeness (QED) is 0.676. The van der Waals surface area contributed by atoms with E-state index in [1.807, 2.05) is 13.8 Å². The highest BCUT2D eigenvalue weighted by atomic mass is 16.5. The Morgan fingerprint density at radius 2 is 2.06 bits per heavy atom. The van der Waals surface area contributed by atoms with E-state index in [1.54, 1.807) is 0 Å². The van der Waals surface area contributed by atoms with Crippen LogP contribution >= 0.6 is 0 Å². The van der Waals surface area contributed by atoms with Gasteiger partial charge in [-0.3, -0.25) is 4.79 Å². The van der Waals surface area contributed by atoms with Crippen LogP contribution in [0.5, 0.6) is 0 Å². The van der Waals surface area contributed by atoms with E-state index >= 15 is 0 Å². The SMILES string of the molecule is CC(C)OCCC(=O)NC(C(=O)O)C1CC1. The molecule has 0 heterocycles. The lowest BCUT2D eigenvalue weighted by molar-refractivity contribution is -0.142. The minimum atomic E-state index is -0.944. The highest BCUT2D eigenvalue weighted by Gasteiger charge is 2.37. The minimum absolute atomic E-state index is 0.0894. The first kappa shape index (κ1) is 13.0. The first-order valence-corrected chi connectivity index (χ1v) is 5.64. The molecule has 0 aromatic rings. The molecule has 1 aliphatic carbocycles. The molecule has 92 valence electrons. The second kappa shape index (κ2) is 5.84.